The van der Waals surface area contributed by atoms with Gasteiger partial charge in [0.1, 0.15) is 20.7 Å². The number of carbonyl (C=O) groups excluding carboxylic acids is 1. The van der Waals surface area contributed by atoms with Crippen molar-refractivity contribution in [3.05, 3.63) is 30.3 Å². The van der Waals surface area contributed by atoms with Gasteiger partial charge in [0.15, 0.2) is 0 Å². The molecule has 4 nitrogen and oxygen atoms in total. The lowest BCUT2D eigenvalue weighted by Crippen LogP contribution is -2.30. The van der Waals surface area contributed by atoms with Gasteiger partial charge < -0.3 is 9.26 Å². The summed E-state index contributed by atoms with van der Waals surface area (Å²) in [7, 11) is 0.0374. The lowest BCUT2D eigenvalue weighted by Gasteiger charge is -2.13. The first-order valence-corrected chi connectivity index (χ1v) is 7.54. The zero-order valence-corrected chi connectivity index (χ0v) is 12.5. The maximum Gasteiger partial charge on any atom is 0.323 e. The first-order chi connectivity index (χ1) is 9.24. The standard InChI is InChI=1S/C14H22NO3P/c1-3-4-8-11-17-14(16)12(2)15-19-18-13-9-6-5-7-10-13/h5-7,9-10,12,15,19H,3-4,8,11H2,1-2H3/t12-/m0/s1. The average molecular weight is 283 g/mol. The van der Waals surface area contributed by atoms with Crippen LogP contribution in [0.1, 0.15) is 33.1 Å². The highest BCUT2D eigenvalue weighted by Crippen LogP contribution is 2.17. The van der Waals surface area contributed by atoms with E-state index < -0.39 is 0 Å². The van der Waals surface area contributed by atoms with Crippen LogP contribution in [0.4, 0.5) is 0 Å². The van der Waals surface area contributed by atoms with Crippen LogP contribution >= 0.6 is 8.96 Å². The number of unbranched alkanes of at least 4 members (excludes halogenated alkanes) is 2. The zero-order chi connectivity index (χ0) is 13.9. The van der Waals surface area contributed by atoms with Crippen molar-refractivity contribution in [2.75, 3.05) is 6.61 Å². The molecule has 1 unspecified atom stereocenters. The SMILES string of the molecule is CCCCCOC(=O)[C@H](C)NPOc1ccccc1. The van der Waals surface area contributed by atoms with Gasteiger partial charge in [0, 0.05) is 0 Å². The second-order valence-electron chi connectivity index (χ2n) is 4.26. The van der Waals surface area contributed by atoms with E-state index in [2.05, 4.69) is 12.0 Å². The van der Waals surface area contributed by atoms with Crippen molar-refractivity contribution in [1.82, 2.24) is 5.09 Å². The van der Waals surface area contributed by atoms with Crippen LogP contribution in [0.15, 0.2) is 30.3 Å². The Bertz CT molecular complexity index is 359. The van der Waals surface area contributed by atoms with Crippen LogP contribution in [0.25, 0.3) is 0 Å². The third-order valence-electron chi connectivity index (χ3n) is 2.53. The van der Waals surface area contributed by atoms with Crippen molar-refractivity contribution in [3.8, 4) is 5.75 Å². The normalized spacial score (nSPS) is 12.5. The Hall–Kier alpha value is -1.12. The van der Waals surface area contributed by atoms with Gasteiger partial charge in [-0.05, 0) is 25.5 Å². The van der Waals surface area contributed by atoms with E-state index >= 15 is 0 Å². The molecule has 0 amide bonds. The minimum atomic E-state index is -0.344. The van der Waals surface area contributed by atoms with E-state index in [1.807, 2.05) is 30.3 Å². The minimum Gasteiger partial charge on any atom is -0.465 e. The topological polar surface area (TPSA) is 47.6 Å². The molecule has 0 heterocycles. The van der Waals surface area contributed by atoms with E-state index in [1.54, 1.807) is 6.92 Å². The van der Waals surface area contributed by atoms with Crippen LogP contribution in [0.3, 0.4) is 0 Å². The van der Waals surface area contributed by atoms with Gasteiger partial charge in [-0.25, -0.2) is 0 Å². The first kappa shape index (κ1) is 15.9. The number of hydrogen-bond donors (Lipinski definition) is 1. The fourth-order valence-electron chi connectivity index (χ4n) is 1.37. The third-order valence-corrected chi connectivity index (χ3v) is 3.42. The first-order valence-electron chi connectivity index (χ1n) is 6.63. The highest BCUT2D eigenvalue weighted by Gasteiger charge is 2.13. The summed E-state index contributed by atoms with van der Waals surface area (Å²) in [6, 6.07) is 9.16. The molecule has 1 aromatic carbocycles. The molecular formula is C14H22NO3P. The molecule has 19 heavy (non-hydrogen) atoms. The molecule has 0 radical (unpaired) electrons. The molecule has 0 spiro atoms. The smallest absolute Gasteiger partial charge is 0.323 e. The summed E-state index contributed by atoms with van der Waals surface area (Å²) in [5.41, 5.74) is 0. The molecule has 0 saturated carbocycles. The molecule has 0 aliphatic carbocycles. The molecule has 0 aliphatic heterocycles. The number of rotatable bonds is 9. The predicted molar refractivity (Wildman–Crippen MR) is 78.5 cm³/mol. The average Bonchev–Trinajstić information content (AvgIpc) is 2.44. The quantitative estimate of drug-likeness (QED) is 0.429. The van der Waals surface area contributed by atoms with E-state index in [1.165, 1.54) is 0 Å². The van der Waals surface area contributed by atoms with E-state index in [0.29, 0.717) is 6.61 Å². The lowest BCUT2D eigenvalue weighted by molar-refractivity contribution is -0.145. The fraction of sp³-hybridized carbons (Fsp3) is 0.500. The van der Waals surface area contributed by atoms with Crippen molar-refractivity contribution in [2.45, 2.75) is 39.2 Å². The van der Waals surface area contributed by atoms with Crippen LogP contribution < -0.4 is 9.61 Å². The van der Waals surface area contributed by atoms with Crippen molar-refractivity contribution in [3.63, 3.8) is 0 Å². The summed E-state index contributed by atoms with van der Waals surface area (Å²) in [5, 5.41) is 3.00. The maximum atomic E-state index is 11.6. The summed E-state index contributed by atoms with van der Waals surface area (Å²) in [5.74, 6) is 0.567. The molecule has 0 fully saturated rings. The number of ether oxygens (including phenoxy) is 1. The van der Waals surface area contributed by atoms with Gasteiger partial charge in [-0.2, -0.15) is 0 Å². The van der Waals surface area contributed by atoms with Crippen LogP contribution in [0, 0.1) is 0 Å². The summed E-state index contributed by atoms with van der Waals surface area (Å²) in [4.78, 5) is 11.6. The number of nitrogens with one attached hydrogen (secondary N) is 1. The van der Waals surface area contributed by atoms with Gasteiger partial charge in [-0.1, -0.05) is 38.0 Å². The van der Waals surface area contributed by atoms with E-state index in [-0.39, 0.29) is 21.0 Å². The fourth-order valence-corrected chi connectivity index (χ4v) is 1.98. The van der Waals surface area contributed by atoms with Gasteiger partial charge in [-0.3, -0.25) is 9.88 Å². The number of carbonyl (C=O) groups is 1. The molecule has 0 bridgehead atoms. The Kier molecular flexibility index (Phi) is 8.19. The summed E-state index contributed by atoms with van der Waals surface area (Å²) in [6.07, 6.45) is 3.14. The summed E-state index contributed by atoms with van der Waals surface area (Å²) < 4.78 is 10.6. The molecule has 1 aromatic rings. The van der Waals surface area contributed by atoms with Crippen molar-refractivity contribution in [1.29, 1.82) is 0 Å². The highest BCUT2D eigenvalue weighted by molar-refractivity contribution is 7.30. The third kappa shape index (κ3) is 7.14. The van der Waals surface area contributed by atoms with Crippen LogP contribution in [-0.2, 0) is 9.53 Å². The monoisotopic (exact) mass is 283 g/mol. The minimum absolute atomic E-state index is 0.0374. The van der Waals surface area contributed by atoms with E-state index in [4.69, 9.17) is 9.26 Å². The lowest BCUT2D eigenvalue weighted by atomic mass is 10.3. The zero-order valence-electron chi connectivity index (χ0n) is 11.5. The van der Waals surface area contributed by atoms with Gasteiger partial charge in [0.25, 0.3) is 0 Å². The molecule has 0 aromatic heterocycles. The second kappa shape index (κ2) is 9.76. The summed E-state index contributed by atoms with van der Waals surface area (Å²) >= 11 is 0. The molecule has 2 atom stereocenters. The Balaban J connectivity index is 2.12. The van der Waals surface area contributed by atoms with Gasteiger partial charge in [0.2, 0.25) is 0 Å². The van der Waals surface area contributed by atoms with Crippen molar-refractivity contribution in [2.24, 2.45) is 0 Å². The van der Waals surface area contributed by atoms with Crippen LogP contribution in [0.5, 0.6) is 5.75 Å². The Labute approximate surface area is 116 Å². The molecular weight excluding hydrogens is 261 g/mol. The molecule has 5 heteroatoms. The molecule has 106 valence electrons. The van der Waals surface area contributed by atoms with Crippen LogP contribution in [0.2, 0.25) is 0 Å². The van der Waals surface area contributed by atoms with Crippen molar-refractivity contribution >= 4 is 14.9 Å². The van der Waals surface area contributed by atoms with Gasteiger partial charge >= 0.3 is 5.97 Å². The Morgan fingerprint density at radius 2 is 2.05 bits per heavy atom. The van der Waals surface area contributed by atoms with Crippen LogP contribution in [-0.4, -0.2) is 18.6 Å². The number of para-hydroxylation sites is 1. The maximum absolute atomic E-state index is 11.6. The van der Waals surface area contributed by atoms with E-state index in [9.17, 15) is 4.79 Å². The number of hydrogen-bond acceptors (Lipinski definition) is 4. The molecule has 1 rings (SSSR count). The van der Waals surface area contributed by atoms with Gasteiger partial charge in [-0.15, -0.1) is 0 Å². The Morgan fingerprint density at radius 3 is 2.74 bits per heavy atom. The number of esters is 1. The van der Waals surface area contributed by atoms with Gasteiger partial charge in [0.05, 0.1) is 6.61 Å². The molecule has 0 saturated heterocycles. The largest absolute Gasteiger partial charge is 0.465 e. The molecule has 1 N–H and O–H groups in total. The predicted octanol–water partition coefficient (Wildman–Crippen LogP) is 3.29. The van der Waals surface area contributed by atoms with E-state index in [0.717, 1.165) is 25.0 Å². The Morgan fingerprint density at radius 1 is 1.32 bits per heavy atom. The van der Waals surface area contributed by atoms with Crippen molar-refractivity contribution < 1.29 is 14.1 Å². The molecule has 0 aliphatic rings. The highest BCUT2D eigenvalue weighted by atomic mass is 31.1. The second-order valence-corrected chi connectivity index (χ2v) is 4.95. The summed E-state index contributed by atoms with van der Waals surface area (Å²) in [6.45, 7) is 4.40. The number of benzene rings is 1.